The molecule has 2 N–H and O–H groups in total. The molecule has 10 heteroatoms. The van der Waals surface area contributed by atoms with E-state index in [0.29, 0.717) is 12.5 Å². The van der Waals surface area contributed by atoms with Crippen molar-refractivity contribution in [2.24, 2.45) is 10.7 Å². The maximum Gasteiger partial charge on any atom is 0.243 e. The fraction of sp³-hybridized carbons (Fsp3) is 0.474. The third-order valence-electron chi connectivity index (χ3n) is 5.04. The van der Waals surface area contributed by atoms with Crippen LogP contribution in [0.1, 0.15) is 19.4 Å². The maximum absolute atomic E-state index is 12.5. The van der Waals surface area contributed by atoms with Crippen molar-refractivity contribution in [2.75, 3.05) is 38.1 Å². The van der Waals surface area contributed by atoms with Crippen molar-refractivity contribution >= 4 is 32.5 Å². The van der Waals surface area contributed by atoms with E-state index >= 15 is 0 Å². The Hall–Kier alpha value is -2.17. The molecule has 0 unspecified atom stereocenters. The van der Waals surface area contributed by atoms with Crippen LogP contribution in [0.15, 0.2) is 45.7 Å². The lowest BCUT2D eigenvalue weighted by molar-refractivity contribution is 0.380. The molecule has 1 saturated heterocycles. The van der Waals surface area contributed by atoms with Gasteiger partial charge in [0.2, 0.25) is 10.0 Å². The van der Waals surface area contributed by atoms with Crippen molar-refractivity contribution in [3.8, 4) is 0 Å². The Labute approximate surface area is 176 Å². The molecule has 0 aliphatic carbocycles. The van der Waals surface area contributed by atoms with Gasteiger partial charge in [0.05, 0.1) is 11.4 Å². The number of hydrogen-bond acceptors (Lipinski definition) is 6. The van der Waals surface area contributed by atoms with Crippen molar-refractivity contribution in [3.05, 3.63) is 41.4 Å². The smallest absolute Gasteiger partial charge is 0.243 e. The van der Waals surface area contributed by atoms with Gasteiger partial charge in [0.1, 0.15) is 0 Å². The Kier molecular flexibility index (Phi) is 6.76. The zero-order valence-corrected chi connectivity index (χ0v) is 18.7. The highest BCUT2D eigenvalue weighted by Gasteiger charge is 2.23. The number of hydrogen-bond donors (Lipinski definition) is 1. The minimum Gasteiger partial charge on any atom is -0.370 e. The molecule has 0 amide bonds. The van der Waals surface area contributed by atoms with Crippen LogP contribution in [-0.4, -0.2) is 67.8 Å². The van der Waals surface area contributed by atoms with Gasteiger partial charge in [-0.05, 0) is 31.5 Å². The number of sulfonamides is 1. The SMILES string of the molecule is CC(C)N(C)S(=O)(=O)c1ccc(CN=C(N)N2CCN(c3nccs3)CC2)cc1. The van der Waals surface area contributed by atoms with E-state index in [1.807, 2.05) is 25.4 Å². The lowest BCUT2D eigenvalue weighted by Gasteiger charge is -2.35. The molecule has 3 rings (SSSR count). The predicted octanol–water partition coefficient (Wildman–Crippen LogP) is 1.81. The first-order chi connectivity index (χ1) is 13.8. The van der Waals surface area contributed by atoms with Gasteiger partial charge in [-0.1, -0.05) is 12.1 Å². The summed E-state index contributed by atoms with van der Waals surface area (Å²) in [4.78, 5) is 13.4. The number of benzene rings is 1. The normalized spacial score (nSPS) is 16.1. The molecule has 2 aromatic rings. The van der Waals surface area contributed by atoms with E-state index in [0.717, 1.165) is 36.9 Å². The summed E-state index contributed by atoms with van der Waals surface area (Å²) in [6.07, 6.45) is 1.82. The number of anilines is 1. The first kappa shape index (κ1) is 21.5. The largest absolute Gasteiger partial charge is 0.370 e. The summed E-state index contributed by atoms with van der Waals surface area (Å²) in [5.74, 6) is 0.514. The number of aliphatic imine (C=N–C) groups is 1. The second-order valence-electron chi connectivity index (χ2n) is 7.22. The van der Waals surface area contributed by atoms with Crippen LogP contribution < -0.4 is 10.6 Å². The van der Waals surface area contributed by atoms with Gasteiger partial charge in [0.15, 0.2) is 11.1 Å². The van der Waals surface area contributed by atoms with Crippen LogP contribution in [0.3, 0.4) is 0 Å². The topological polar surface area (TPSA) is 95.1 Å². The number of aromatic nitrogens is 1. The second-order valence-corrected chi connectivity index (χ2v) is 10.1. The highest BCUT2D eigenvalue weighted by molar-refractivity contribution is 7.89. The van der Waals surface area contributed by atoms with Gasteiger partial charge in [0.25, 0.3) is 0 Å². The monoisotopic (exact) mass is 436 g/mol. The Bertz CT molecular complexity index is 918. The summed E-state index contributed by atoms with van der Waals surface area (Å²) in [6, 6.07) is 6.74. The summed E-state index contributed by atoms with van der Waals surface area (Å²) >= 11 is 1.64. The average molecular weight is 437 g/mol. The lowest BCUT2D eigenvalue weighted by atomic mass is 10.2. The second kappa shape index (κ2) is 9.10. The van der Waals surface area contributed by atoms with Crippen LogP contribution in [0.2, 0.25) is 0 Å². The Balaban J connectivity index is 1.57. The van der Waals surface area contributed by atoms with Gasteiger partial charge in [-0.25, -0.2) is 18.4 Å². The van der Waals surface area contributed by atoms with Gasteiger partial charge in [-0.15, -0.1) is 11.3 Å². The van der Waals surface area contributed by atoms with Crippen molar-refractivity contribution < 1.29 is 8.42 Å². The Morgan fingerprint density at radius 2 is 1.90 bits per heavy atom. The summed E-state index contributed by atoms with van der Waals surface area (Å²) in [5.41, 5.74) is 7.09. The van der Waals surface area contributed by atoms with Crippen LogP contribution >= 0.6 is 11.3 Å². The zero-order chi connectivity index (χ0) is 21.0. The van der Waals surface area contributed by atoms with Crippen molar-refractivity contribution in [2.45, 2.75) is 31.3 Å². The maximum atomic E-state index is 12.5. The van der Waals surface area contributed by atoms with Crippen molar-refractivity contribution in [3.63, 3.8) is 0 Å². The summed E-state index contributed by atoms with van der Waals surface area (Å²) in [6.45, 7) is 7.43. The Morgan fingerprint density at radius 3 is 2.45 bits per heavy atom. The third kappa shape index (κ3) is 5.06. The highest BCUT2D eigenvalue weighted by Crippen LogP contribution is 2.19. The zero-order valence-electron chi connectivity index (χ0n) is 17.0. The standard InChI is InChI=1S/C19H28N6O2S2/c1-15(2)23(3)29(26,27)17-6-4-16(5-7-17)14-22-18(20)24-9-11-25(12-10-24)19-21-8-13-28-19/h4-8,13,15H,9-12,14H2,1-3H3,(H2,20,22). The van der Waals surface area contributed by atoms with Crippen LogP contribution in [0, 0.1) is 0 Å². The predicted molar refractivity (Wildman–Crippen MR) is 118 cm³/mol. The molecule has 1 fully saturated rings. The average Bonchev–Trinajstić information content (AvgIpc) is 3.26. The van der Waals surface area contributed by atoms with E-state index in [-0.39, 0.29) is 10.9 Å². The summed E-state index contributed by atoms with van der Waals surface area (Å²) in [5, 5.41) is 3.02. The fourth-order valence-electron chi connectivity index (χ4n) is 2.98. The van der Waals surface area contributed by atoms with E-state index in [4.69, 9.17) is 5.73 Å². The van der Waals surface area contributed by atoms with Crippen molar-refractivity contribution in [1.29, 1.82) is 0 Å². The van der Waals surface area contributed by atoms with Gasteiger partial charge in [-0.3, -0.25) is 0 Å². The molecule has 1 aliphatic heterocycles. The third-order valence-corrected chi connectivity index (χ3v) is 7.92. The molecule has 1 aromatic carbocycles. The van der Waals surface area contributed by atoms with Crippen molar-refractivity contribution in [1.82, 2.24) is 14.2 Å². The van der Waals surface area contributed by atoms with Gasteiger partial charge in [-0.2, -0.15) is 4.31 Å². The van der Waals surface area contributed by atoms with E-state index in [2.05, 4.69) is 19.8 Å². The van der Waals surface area contributed by atoms with Crippen LogP contribution in [-0.2, 0) is 16.6 Å². The van der Waals surface area contributed by atoms with Gasteiger partial charge in [0, 0.05) is 50.8 Å². The first-order valence-electron chi connectivity index (χ1n) is 9.55. The quantitative estimate of drug-likeness (QED) is 0.548. The highest BCUT2D eigenvalue weighted by atomic mass is 32.2. The number of guanidine groups is 1. The van der Waals surface area contributed by atoms with E-state index < -0.39 is 10.0 Å². The van der Waals surface area contributed by atoms with Gasteiger partial charge < -0.3 is 15.5 Å². The molecule has 0 radical (unpaired) electrons. The molecule has 29 heavy (non-hydrogen) atoms. The van der Waals surface area contributed by atoms with E-state index in [9.17, 15) is 8.42 Å². The lowest BCUT2D eigenvalue weighted by Crippen LogP contribution is -2.51. The van der Waals surface area contributed by atoms with E-state index in [1.54, 1.807) is 42.6 Å². The molecule has 1 aromatic heterocycles. The van der Waals surface area contributed by atoms with E-state index in [1.165, 1.54) is 4.31 Å². The number of nitrogens with two attached hydrogens (primary N) is 1. The fourth-order valence-corrected chi connectivity index (χ4v) is 5.05. The minimum atomic E-state index is -3.47. The molecular weight excluding hydrogens is 408 g/mol. The Morgan fingerprint density at radius 1 is 1.24 bits per heavy atom. The van der Waals surface area contributed by atoms with Crippen LogP contribution in [0.4, 0.5) is 5.13 Å². The number of rotatable bonds is 6. The summed E-state index contributed by atoms with van der Waals surface area (Å²) in [7, 11) is -1.88. The number of thiazole rings is 1. The minimum absolute atomic E-state index is 0.0971. The molecule has 2 heterocycles. The molecule has 158 valence electrons. The molecule has 0 spiro atoms. The van der Waals surface area contributed by atoms with Crippen LogP contribution in [0.5, 0.6) is 0 Å². The first-order valence-corrected chi connectivity index (χ1v) is 11.9. The molecule has 0 atom stereocenters. The molecular formula is C19H28N6O2S2. The molecule has 1 aliphatic rings. The summed E-state index contributed by atoms with van der Waals surface area (Å²) < 4.78 is 26.4. The molecule has 8 nitrogen and oxygen atoms in total. The van der Waals surface area contributed by atoms with Crippen LogP contribution in [0.25, 0.3) is 0 Å². The van der Waals surface area contributed by atoms with Gasteiger partial charge >= 0.3 is 0 Å². The molecule has 0 bridgehead atoms. The number of nitrogens with zero attached hydrogens (tertiary/aromatic N) is 5. The number of piperazine rings is 1. The molecule has 0 saturated carbocycles.